The molecule has 0 unspecified atom stereocenters. The number of halogens is 1. The summed E-state index contributed by atoms with van der Waals surface area (Å²) in [5.41, 5.74) is 5.23. The van der Waals surface area contributed by atoms with Gasteiger partial charge in [-0.1, -0.05) is 41.9 Å². The van der Waals surface area contributed by atoms with Crippen molar-refractivity contribution in [2.75, 3.05) is 29.3 Å². The van der Waals surface area contributed by atoms with E-state index in [0.29, 0.717) is 11.4 Å². The van der Waals surface area contributed by atoms with Crippen LogP contribution in [0.15, 0.2) is 70.8 Å². The number of carbonyl (C=O) groups excluding carboxylic acids is 1. The molecule has 0 aliphatic carbocycles. The third kappa shape index (κ3) is 4.42. The lowest BCUT2D eigenvalue weighted by Crippen LogP contribution is -2.45. The molecule has 2 aromatic carbocycles. The second-order valence-electron chi connectivity index (χ2n) is 7.80. The number of anilines is 3. The fourth-order valence-electron chi connectivity index (χ4n) is 3.41. The minimum absolute atomic E-state index is 0.00717. The van der Waals surface area contributed by atoms with Crippen LogP contribution in [-0.4, -0.2) is 38.4 Å². The number of aryl methyl sites for hydroxylation is 1. The van der Waals surface area contributed by atoms with E-state index in [-0.39, 0.29) is 22.3 Å². The molecule has 10 heteroatoms. The van der Waals surface area contributed by atoms with Crippen molar-refractivity contribution in [1.29, 1.82) is 0 Å². The van der Waals surface area contributed by atoms with E-state index in [1.165, 1.54) is 4.90 Å². The van der Waals surface area contributed by atoms with Crippen molar-refractivity contribution in [1.82, 2.24) is 4.98 Å². The Bertz CT molecular complexity index is 1360. The summed E-state index contributed by atoms with van der Waals surface area (Å²) >= 11 is 6.18. The number of nitrogens with one attached hydrogen (secondary N) is 1. The summed E-state index contributed by atoms with van der Waals surface area (Å²) in [4.78, 5) is 20.7. The van der Waals surface area contributed by atoms with Gasteiger partial charge in [0.2, 0.25) is 14.9 Å². The molecule has 33 heavy (non-hydrogen) atoms. The number of hydrogen-bond donors (Lipinski definition) is 1. The molecule has 1 N–H and O–H groups in total. The molecule has 0 fully saturated rings. The van der Waals surface area contributed by atoms with Crippen LogP contribution in [0.5, 0.6) is 0 Å². The second kappa shape index (κ2) is 8.84. The van der Waals surface area contributed by atoms with Crippen LogP contribution in [-0.2, 0) is 21.2 Å². The fraction of sp³-hybridized carbons (Fsp3) is 0.174. The Morgan fingerprint density at radius 2 is 1.85 bits per heavy atom. The van der Waals surface area contributed by atoms with E-state index < -0.39 is 20.8 Å². The lowest BCUT2D eigenvalue weighted by molar-refractivity contribution is -0.112. The van der Waals surface area contributed by atoms with E-state index in [9.17, 15) is 13.2 Å². The lowest BCUT2D eigenvalue weighted by Gasteiger charge is -2.30. The molecule has 0 saturated heterocycles. The molecule has 1 aliphatic heterocycles. The predicted octanol–water partition coefficient (Wildman–Crippen LogP) is 3.86. The summed E-state index contributed by atoms with van der Waals surface area (Å²) in [7, 11) is -0.583. The van der Waals surface area contributed by atoms with Crippen molar-refractivity contribution in [3.05, 3.63) is 76.9 Å². The van der Waals surface area contributed by atoms with Crippen LogP contribution in [0.4, 0.5) is 17.2 Å². The molecule has 0 radical (unpaired) electrons. The minimum Gasteiger partial charge on any atom is -0.378 e. The predicted molar refractivity (Wildman–Crippen MR) is 131 cm³/mol. The Hall–Kier alpha value is -3.43. The van der Waals surface area contributed by atoms with Gasteiger partial charge in [0, 0.05) is 26.0 Å². The fourth-order valence-corrected chi connectivity index (χ4v) is 5.12. The van der Waals surface area contributed by atoms with Gasteiger partial charge in [-0.3, -0.25) is 10.2 Å². The van der Waals surface area contributed by atoms with Crippen LogP contribution in [0.3, 0.4) is 0 Å². The van der Waals surface area contributed by atoms with Crippen LogP contribution >= 0.6 is 11.6 Å². The van der Waals surface area contributed by atoms with Crippen molar-refractivity contribution in [2.24, 2.45) is 5.10 Å². The number of carbonyl (C=O) groups is 1. The van der Waals surface area contributed by atoms with Crippen LogP contribution in [0.2, 0.25) is 5.02 Å². The molecule has 0 saturated carbocycles. The number of amides is 1. The van der Waals surface area contributed by atoms with E-state index in [4.69, 9.17) is 11.6 Å². The number of hydrogen-bond acceptors (Lipinski definition) is 7. The quantitative estimate of drug-likeness (QED) is 0.554. The van der Waals surface area contributed by atoms with E-state index in [1.807, 2.05) is 51.4 Å². The monoisotopic (exact) mass is 483 g/mol. The summed E-state index contributed by atoms with van der Waals surface area (Å²) in [6, 6.07) is 16.0. The van der Waals surface area contributed by atoms with Crippen molar-refractivity contribution in [2.45, 2.75) is 18.4 Å². The highest BCUT2D eigenvalue weighted by molar-refractivity contribution is 8.08. The van der Waals surface area contributed by atoms with Gasteiger partial charge in [0.05, 0.1) is 22.2 Å². The maximum atomic E-state index is 13.5. The first-order valence-corrected chi connectivity index (χ1v) is 11.9. The Morgan fingerprint density at radius 1 is 1.12 bits per heavy atom. The number of benzene rings is 2. The van der Waals surface area contributed by atoms with Gasteiger partial charge in [0.1, 0.15) is 0 Å². The summed E-state index contributed by atoms with van der Waals surface area (Å²) in [6.07, 6.45) is 1.56. The van der Waals surface area contributed by atoms with Gasteiger partial charge in [-0.05, 0) is 42.3 Å². The van der Waals surface area contributed by atoms with Crippen molar-refractivity contribution in [3.8, 4) is 0 Å². The Morgan fingerprint density at radius 3 is 2.52 bits per heavy atom. The van der Waals surface area contributed by atoms with E-state index in [2.05, 4.69) is 15.5 Å². The molecular formula is C23H22ClN5O3S. The third-order valence-corrected chi connectivity index (χ3v) is 7.12. The Labute approximate surface area is 197 Å². The van der Waals surface area contributed by atoms with Gasteiger partial charge in [-0.2, -0.15) is 5.10 Å². The average Bonchev–Trinajstić information content (AvgIpc) is 2.78. The highest BCUT2D eigenvalue weighted by Gasteiger charge is 2.42. The van der Waals surface area contributed by atoms with Gasteiger partial charge in [-0.15, -0.1) is 0 Å². The first-order valence-electron chi connectivity index (χ1n) is 10.1. The zero-order valence-electron chi connectivity index (χ0n) is 18.3. The maximum absolute atomic E-state index is 13.5. The number of rotatable bonds is 5. The number of nitrogens with zero attached hydrogens (tertiary/aromatic N) is 4. The SMILES string of the molecule is Cc1cnc(NN=C2C(=O)N(Cc3ccccc3)c3ccc(N(C)C)cc3S2(=O)=O)c(Cl)c1. The van der Waals surface area contributed by atoms with Crippen LogP contribution in [0.1, 0.15) is 11.1 Å². The molecule has 170 valence electrons. The standard InChI is InChI=1S/C23H22ClN5O3S/c1-15-11-18(24)21(25-13-15)26-27-22-23(30)29(14-16-7-5-4-6-8-16)19-10-9-17(28(2)3)12-20(19)33(22,31)32/h4-13H,14H2,1-3H3,(H,25,26). The normalized spacial score (nSPS) is 15.9. The summed E-state index contributed by atoms with van der Waals surface area (Å²) in [6.45, 7) is 2.01. The van der Waals surface area contributed by atoms with Crippen LogP contribution in [0, 0.1) is 6.92 Å². The lowest BCUT2D eigenvalue weighted by atomic mass is 10.1. The minimum atomic E-state index is -4.21. The molecule has 0 bridgehead atoms. The average molecular weight is 484 g/mol. The maximum Gasteiger partial charge on any atom is 0.291 e. The van der Waals surface area contributed by atoms with Crippen molar-refractivity contribution in [3.63, 3.8) is 0 Å². The molecule has 0 atom stereocenters. The molecule has 3 aromatic rings. The van der Waals surface area contributed by atoms with Gasteiger partial charge in [-0.25, -0.2) is 13.4 Å². The van der Waals surface area contributed by atoms with Gasteiger partial charge in [0.25, 0.3) is 5.91 Å². The topological polar surface area (TPSA) is 95.0 Å². The van der Waals surface area contributed by atoms with Gasteiger partial charge < -0.3 is 9.80 Å². The molecule has 4 rings (SSSR count). The number of sulfone groups is 1. The number of hydrazone groups is 1. The molecular weight excluding hydrogens is 462 g/mol. The van der Waals surface area contributed by atoms with Crippen molar-refractivity contribution >= 4 is 49.6 Å². The smallest absolute Gasteiger partial charge is 0.291 e. The van der Waals surface area contributed by atoms with E-state index in [0.717, 1.165) is 11.1 Å². The molecule has 1 aromatic heterocycles. The van der Waals surface area contributed by atoms with Crippen LogP contribution < -0.4 is 15.2 Å². The zero-order valence-corrected chi connectivity index (χ0v) is 19.9. The molecule has 0 spiro atoms. The Balaban J connectivity index is 1.83. The largest absolute Gasteiger partial charge is 0.378 e. The molecule has 1 amide bonds. The molecule has 2 heterocycles. The van der Waals surface area contributed by atoms with Gasteiger partial charge >= 0.3 is 0 Å². The second-order valence-corrected chi connectivity index (χ2v) is 10.0. The summed E-state index contributed by atoms with van der Waals surface area (Å²) in [5, 5.41) is 3.61. The number of aromatic nitrogens is 1. The van der Waals surface area contributed by atoms with E-state index >= 15 is 0 Å². The van der Waals surface area contributed by atoms with E-state index in [1.54, 1.807) is 35.4 Å². The summed E-state index contributed by atoms with van der Waals surface area (Å²) < 4.78 is 26.9. The van der Waals surface area contributed by atoms with Gasteiger partial charge in [0.15, 0.2) is 5.82 Å². The zero-order chi connectivity index (χ0) is 23.8. The van der Waals surface area contributed by atoms with Crippen LogP contribution in [0.25, 0.3) is 0 Å². The first-order chi connectivity index (χ1) is 15.7. The first kappa shape index (κ1) is 22.8. The highest BCUT2D eigenvalue weighted by Crippen LogP contribution is 2.36. The number of fused-ring (bicyclic) bond motifs is 1. The molecule has 1 aliphatic rings. The summed E-state index contributed by atoms with van der Waals surface area (Å²) in [5.74, 6) is -0.583. The number of pyridine rings is 1. The molecule has 8 nitrogen and oxygen atoms in total. The third-order valence-electron chi connectivity index (χ3n) is 5.15. The van der Waals surface area contributed by atoms with Crippen molar-refractivity contribution < 1.29 is 13.2 Å². The Kier molecular flexibility index (Phi) is 6.09. The highest BCUT2D eigenvalue weighted by atomic mass is 35.5.